The molecule has 0 unspecified atom stereocenters. The average Bonchev–Trinajstić information content (AvgIpc) is 2.27. The molecule has 0 bridgehead atoms. The molecule has 0 amide bonds. The van der Waals surface area contributed by atoms with Gasteiger partial charge < -0.3 is 9.30 Å². The minimum absolute atomic E-state index is 0.269. The van der Waals surface area contributed by atoms with Crippen LogP contribution in [0.4, 0.5) is 0 Å². The predicted molar refractivity (Wildman–Crippen MR) is 66.5 cm³/mol. The summed E-state index contributed by atoms with van der Waals surface area (Å²) in [5.41, 5.74) is -0.974. The highest BCUT2D eigenvalue weighted by molar-refractivity contribution is 5.69. The van der Waals surface area contributed by atoms with Crippen LogP contribution in [0.5, 0.6) is 0 Å². The minimum Gasteiger partial charge on any atom is -0.462 e. The Hall–Kier alpha value is -1.85. The van der Waals surface area contributed by atoms with E-state index in [0.717, 1.165) is 11.0 Å². The topological polar surface area (TPSA) is 70.3 Å². The number of esters is 1. The van der Waals surface area contributed by atoms with E-state index in [4.69, 9.17) is 4.74 Å². The third-order valence-electron chi connectivity index (χ3n) is 2.26. The van der Waals surface area contributed by atoms with Gasteiger partial charge in [-0.2, -0.15) is 0 Å². The Morgan fingerprint density at radius 1 is 1.39 bits per heavy atom. The number of nitrogens with zero attached hydrogens (tertiary/aromatic N) is 2. The highest BCUT2D eigenvalue weighted by Gasteiger charge is 2.11. The lowest BCUT2D eigenvalue weighted by Crippen LogP contribution is -2.41. The van der Waals surface area contributed by atoms with E-state index in [0.29, 0.717) is 6.54 Å². The fourth-order valence-corrected chi connectivity index (χ4v) is 1.54. The zero-order valence-corrected chi connectivity index (χ0v) is 10.9. The van der Waals surface area contributed by atoms with Gasteiger partial charge in [-0.05, 0) is 20.3 Å². The molecule has 1 aromatic heterocycles. The molecule has 0 saturated heterocycles. The number of carbonyl (C=O) groups excluding carboxylic acids is 1. The molecule has 0 fully saturated rings. The van der Waals surface area contributed by atoms with Gasteiger partial charge in [-0.25, -0.2) is 9.36 Å². The van der Waals surface area contributed by atoms with Crippen LogP contribution in [0, 0.1) is 0 Å². The van der Waals surface area contributed by atoms with Crippen molar-refractivity contribution in [2.24, 2.45) is 0 Å². The van der Waals surface area contributed by atoms with Crippen molar-refractivity contribution in [3.8, 4) is 0 Å². The van der Waals surface area contributed by atoms with Crippen LogP contribution in [0.3, 0.4) is 0 Å². The van der Waals surface area contributed by atoms with E-state index in [1.807, 2.05) is 6.92 Å². The molecule has 6 nitrogen and oxygen atoms in total. The summed E-state index contributed by atoms with van der Waals surface area (Å²) in [5, 5.41) is 0. The minimum atomic E-state index is -0.585. The Bertz CT molecular complexity index is 528. The fourth-order valence-electron chi connectivity index (χ4n) is 1.54. The van der Waals surface area contributed by atoms with Gasteiger partial charge in [-0.15, -0.1) is 0 Å². The first-order valence-electron chi connectivity index (χ1n) is 5.95. The van der Waals surface area contributed by atoms with Crippen molar-refractivity contribution < 1.29 is 9.53 Å². The maximum atomic E-state index is 11.9. The summed E-state index contributed by atoms with van der Waals surface area (Å²) in [7, 11) is 0. The lowest BCUT2D eigenvalue weighted by Gasteiger charge is -2.10. The molecular weight excluding hydrogens is 236 g/mol. The first-order valence-corrected chi connectivity index (χ1v) is 5.95. The van der Waals surface area contributed by atoms with E-state index in [1.165, 1.54) is 16.8 Å². The van der Waals surface area contributed by atoms with Gasteiger partial charge in [0.2, 0.25) is 0 Å². The van der Waals surface area contributed by atoms with Crippen molar-refractivity contribution in [2.45, 2.75) is 46.4 Å². The zero-order valence-electron chi connectivity index (χ0n) is 10.9. The number of hydrogen-bond acceptors (Lipinski definition) is 4. The largest absolute Gasteiger partial charge is 0.462 e. The van der Waals surface area contributed by atoms with Crippen molar-refractivity contribution in [3.63, 3.8) is 0 Å². The molecule has 100 valence electrons. The van der Waals surface area contributed by atoms with E-state index >= 15 is 0 Å². The molecule has 1 rings (SSSR count). The number of aromatic nitrogens is 2. The number of ether oxygens (including phenoxy) is 1. The van der Waals surface area contributed by atoms with Gasteiger partial charge in [-0.3, -0.25) is 9.59 Å². The molecule has 0 N–H and O–H groups in total. The highest BCUT2D eigenvalue weighted by atomic mass is 16.5. The number of carbonyl (C=O) groups is 1. The Kier molecular flexibility index (Phi) is 4.88. The van der Waals surface area contributed by atoms with Crippen molar-refractivity contribution >= 4 is 5.97 Å². The van der Waals surface area contributed by atoms with Gasteiger partial charge in [-0.1, -0.05) is 6.92 Å². The predicted octanol–water partition coefficient (Wildman–Crippen LogP) is 0.372. The first-order chi connectivity index (χ1) is 8.45. The van der Waals surface area contributed by atoms with Crippen molar-refractivity contribution in [3.05, 3.63) is 33.1 Å². The van der Waals surface area contributed by atoms with E-state index in [1.54, 1.807) is 13.8 Å². The second kappa shape index (κ2) is 6.18. The third-order valence-corrected chi connectivity index (χ3v) is 2.26. The summed E-state index contributed by atoms with van der Waals surface area (Å²) < 4.78 is 7.21. The Balaban J connectivity index is 3.01. The Morgan fingerprint density at radius 3 is 2.61 bits per heavy atom. The summed E-state index contributed by atoms with van der Waals surface area (Å²) in [6, 6.07) is 1.28. The molecule has 0 aliphatic rings. The van der Waals surface area contributed by atoms with Gasteiger partial charge in [0.15, 0.2) is 0 Å². The molecule has 6 heteroatoms. The number of aryl methyl sites for hydroxylation is 1. The molecule has 0 radical (unpaired) electrons. The summed E-state index contributed by atoms with van der Waals surface area (Å²) in [6.07, 6.45) is 1.95. The molecule has 0 aliphatic heterocycles. The average molecular weight is 254 g/mol. The third kappa shape index (κ3) is 3.58. The fraction of sp³-hybridized carbons (Fsp3) is 0.583. The van der Waals surface area contributed by atoms with Crippen LogP contribution < -0.4 is 11.2 Å². The summed E-state index contributed by atoms with van der Waals surface area (Å²) in [6.45, 7) is 5.51. The molecular formula is C12H18N2O4. The Morgan fingerprint density at radius 2 is 2.06 bits per heavy atom. The maximum absolute atomic E-state index is 11.9. The molecule has 0 saturated carbocycles. The van der Waals surface area contributed by atoms with Crippen LogP contribution in [0.25, 0.3) is 0 Å². The molecule has 0 atom stereocenters. The van der Waals surface area contributed by atoms with Crippen LogP contribution in [0.1, 0.15) is 27.2 Å². The lowest BCUT2D eigenvalue weighted by molar-refractivity contribution is -0.148. The van der Waals surface area contributed by atoms with Crippen LogP contribution in [-0.4, -0.2) is 21.2 Å². The lowest BCUT2D eigenvalue weighted by atomic mass is 10.4. The quantitative estimate of drug-likeness (QED) is 0.712. The van der Waals surface area contributed by atoms with Gasteiger partial charge >= 0.3 is 11.7 Å². The van der Waals surface area contributed by atoms with Gasteiger partial charge in [0.1, 0.15) is 6.54 Å². The number of rotatable bonds is 5. The van der Waals surface area contributed by atoms with Gasteiger partial charge in [0.25, 0.3) is 5.56 Å². The second-order valence-electron chi connectivity index (χ2n) is 4.25. The zero-order chi connectivity index (χ0) is 13.7. The summed E-state index contributed by atoms with van der Waals surface area (Å²) >= 11 is 0. The monoisotopic (exact) mass is 254 g/mol. The number of hydrogen-bond donors (Lipinski definition) is 0. The van der Waals surface area contributed by atoms with Gasteiger partial charge in [0, 0.05) is 18.8 Å². The summed E-state index contributed by atoms with van der Waals surface area (Å²) in [4.78, 5) is 34.9. The molecule has 0 aliphatic carbocycles. The normalized spacial score (nSPS) is 10.7. The Labute approximate surface area is 105 Å². The molecule has 1 heterocycles. The first kappa shape index (κ1) is 14.2. The summed E-state index contributed by atoms with van der Waals surface area (Å²) in [5.74, 6) is -0.585. The molecule has 1 aromatic rings. The smallest absolute Gasteiger partial charge is 0.331 e. The van der Waals surface area contributed by atoms with Crippen molar-refractivity contribution in [1.82, 2.24) is 9.13 Å². The van der Waals surface area contributed by atoms with E-state index in [9.17, 15) is 14.4 Å². The molecule has 0 aromatic carbocycles. The van der Waals surface area contributed by atoms with Crippen LogP contribution in [0.15, 0.2) is 21.9 Å². The molecule has 18 heavy (non-hydrogen) atoms. The highest BCUT2D eigenvalue weighted by Crippen LogP contribution is 1.91. The van der Waals surface area contributed by atoms with E-state index < -0.39 is 17.2 Å². The van der Waals surface area contributed by atoms with Crippen LogP contribution in [0.2, 0.25) is 0 Å². The van der Waals surface area contributed by atoms with Crippen LogP contribution >= 0.6 is 0 Å². The molecule has 0 spiro atoms. The van der Waals surface area contributed by atoms with Crippen molar-refractivity contribution in [2.75, 3.05) is 0 Å². The van der Waals surface area contributed by atoms with Crippen molar-refractivity contribution in [1.29, 1.82) is 0 Å². The van der Waals surface area contributed by atoms with Gasteiger partial charge in [0.05, 0.1) is 6.10 Å². The van der Waals surface area contributed by atoms with Crippen LogP contribution in [-0.2, 0) is 22.6 Å². The van der Waals surface area contributed by atoms with E-state index in [-0.39, 0.29) is 12.6 Å². The maximum Gasteiger partial charge on any atom is 0.331 e. The van der Waals surface area contributed by atoms with E-state index in [2.05, 4.69) is 0 Å². The SMILES string of the molecule is CCCn1ccc(=O)n(CC(=O)OC(C)C)c1=O. The second-order valence-corrected chi connectivity index (χ2v) is 4.25. The standard InChI is InChI=1S/C12H18N2O4/c1-4-6-13-7-5-10(15)14(12(13)17)8-11(16)18-9(2)3/h5,7,9H,4,6,8H2,1-3H3.